The summed E-state index contributed by atoms with van der Waals surface area (Å²) in [6, 6.07) is 4.52. The summed E-state index contributed by atoms with van der Waals surface area (Å²) in [4.78, 5) is 13.5. The van der Waals surface area contributed by atoms with Crippen LogP contribution in [-0.4, -0.2) is 29.8 Å². The predicted octanol–water partition coefficient (Wildman–Crippen LogP) is 2.84. The normalized spacial score (nSPS) is 10.2. The molecule has 1 amide bonds. The Hall–Kier alpha value is -1.09. The maximum absolute atomic E-state index is 13.5. The molecule has 88 valence electrons. The van der Waals surface area contributed by atoms with Gasteiger partial charge in [-0.25, -0.2) is 4.39 Å². The van der Waals surface area contributed by atoms with Crippen molar-refractivity contribution in [1.82, 2.24) is 4.90 Å². The van der Waals surface area contributed by atoms with E-state index in [1.807, 2.05) is 13.8 Å². The molecule has 16 heavy (non-hydrogen) atoms. The summed E-state index contributed by atoms with van der Waals surface area (Å²) in [6.45, 7) is 4.63. The lowest BCUT2D eigenvalue weighted by molar-refractivity contribution is 0.0769. The van der Waals surface area contributed by atoms with Gasteiger partial charge in [0, 0.05) is 19.0 Å². The number of benzene rings is 1. The van der Waals surface area contributed by atoms with Crippen molar-refractivity contribution in [2.45, 2.75) is 13.8 Å². The Morgan fingerprint density at radius 1 is 1.50 bits per heavy atom. The first-order valence-electron chi connectivity index (χ1n) is 5.21. The Morgan fingerprint density at radius 2 is 2.19 bits per heavy atom. The maximum atomic E-state index is 13.5. The second-order valence-electron chi connectivity index (χ2n) is 3.56. The second kappa shape index (κ2) is 5.85. The minimum absolute atomic E-state index is 0.118. The Balaban J connectivity index is 2.98. The van der Waals surface area contributed by atoms with Crippen LogP contribution in [0.2, 0.25) is 0 Å². The van der Waals surface area contributed by atoms with Gasteiger partial charge in [-0.05, 0) is 26.0 Å². The third-order valence-electron chi connectivity index (χ3n) is 2.38. The van der Waals surface area contributed by atoms with Crippen molar-refractivity contribution in [2.24, 2.45) is 0 Å². The summed E-state index contributed by atoms with van der Waals surface area (Å²) in [6.07, 6.45) is 0. The largest absolute Gasteiger partial charge is 0.338 e. The number of aryl methyl sites for hydroxylation is 1. The molecule has 0 spiro atoms. The maximum Gasteiger partial charge on any atom is 0.256 e. The van der Waals surface area contributed by atoms with Gasteiger partial charge in [-0.1, -0.05) is 11.6 Å². The third-order valence-corrected chi connectivity index (χ3v) is 2.54. The van der Waals surface area contributed by atoms with E-state index in [1.54, 1.807) is 12.1 Å². The van der Waals surface area contributed by atoms with Gasteiger partial charge >= 0.3 is 0 Å². The van der Waals surface area contributed by atoms with Gasteiger partial charge < -0.3 is 4.90 Å². The van der Waals surface area contributed by atoms with Crippen LogP contribution in [0, 0.1) is 12.7 Å². The fourth-order valence-corrected chi connectivity index (χ4v) is 1.68. The molecule has 0 bridgehead atoms. The number of amides is 1. The van der Waals surface area contributed by atoms with Crippen LogP contribution in [0.3, 0.4) is 0 Å². The van der Waals surface area contributed by atoms with E-state index in [0.29, 0.717) is 19.0 Å². The minimum Gasteiger partial charge on any atom is -0.338 e. The SMILES string of the molecule is CCN(CCCl)C(=O)c1cc(C)ccc1F. The highest BCUT2D eigenvalue weighted by Crippen LogP contribution is 2.12. The molecular formula is C12H15ClFNO. The molecule has 4 heteroatoms. The lowest BCUT2D eigenvalue weighted by atomic mass is 10.1. The molecule has 0 saturated heterocycles. The van der Waals surface area contributed by atoms with Gasteiger partial charge in [-0.3, -0.25) is 4.79 Å². The number of hydrogen-bond donors (Lipinski definition) is 0. The molecule has 0 aliphatic rings. The Morgan fingerprint density at radius 3 is 2.75 bits per heavy atom. The quantitative estimate of drug-likeness (QED) is 0.745. The van der Waals surface area contributed by atoms with Gasteiger partial charge in [-0.15, -0.1) is 11.6 Å². The number of rotatable bonds is 4. The van der Waals surface area contributed by atoms with E-state index in [0.717, 1.165) is 5.56 Å². The van der Waals surface area contributed by atoms with Crippen molar-refractivity contribution < 1.29 is 9.18 Å². The first kappa shape index (κ1) is 13.0. The lowest BCUT2D eigenvalue weighted by Gasteiger charge is -2.20. The summed E-state index contributed by atoms with van der Waals surface area (Å²) in [5.74, 6) is -0.430. The van der Waals surface area contributed by atoms with E-state index in [-0.39, 0.29) is 11.5 Å². The first-order valence-corrected chi connectivity index (χ1v) is 5.75. The molecule has 0 aromatic heterocycles. The zero-order chi connectivity index (χ0) is 12.1. The van der Waals surface area contributed by atoms with E-state index >= 15 is 0 Å². The summed E-state index contributed by atoms with van der Waals surface area (Å²) in [5.41, 5.74) is 0.985. The molecule has 2 nitrogen and oxygen atoms in total. The Kier molecular flexibility index (Phi) is 4.74. The van der Waals surface area contributed by atoms with Crippen molar-refractivity contribution in [3.63, 3.8) is 0 Å². The van der Waals surface area contributed by atoms with Gasteiger partial charge in [-0.2, -0.15) is 0 Å². The second-order valence-corrected chi connectivity index (χ2v) is 3.94. The molecule has 0 aliphatic carbocycles. The third kappa shape index (κ3) is 2.95. The first-order chi connectivity index (χ1) is 7.60. The van der Waals surface area contributed by atoms with E-state index in [4.69, 9.17) is 11.6 Å². The van der Waals surface area contributed by atoms with Gasteiger partial charge in [0.2, 0.25) is 0 Å². The molecule has 0 N–H and O–H groups in total. The molecular weight excluding hydrogens is 229 g/mol. The molecule has 0 radical (unpaired) electrons. The Bertz CT molecular complexity index is 381. The number of carbonyl (C=O) groups excluding carboxylic acids is 1. The highest BCUT2D eigenvalue weighted by Gasteiger charge is 2.17. The zero-order valence-corrected chi connectivity index (χ0v) is 10.2. The lowest BCUT2D eigenvalue weighted by Crippen LogP contribution is -2.33. The molecule has 1 aromatic rings. The number of carbonyl (C=O) groups is 1. The molecule has 0 atom stereocenters. The van der Waals surface area contributed by atoms with Crippen LogP contribution in [0.25, 0.3) is 0 Å². The molecule has 0 aliphatic heterocycles. The van der Waals surface area contributed by atoms with Crippen molar-refractivity contribution >= 4 is 17.5 Å². The van der Waals surface area contributed by atoms with Gasteiger partial charge in [0.05, 0.1) is 5.56 Å². The van der Waals surface area contributed by atoms with E-state index in [9.17, 15) is 9.18 Å². The van der Waals surface area contributed by atoms with E-state index in [2.05, 4.69) is 0 Å². The van der Waals surface area contributed by atoms with Gasteiger partial charge in [0.25, 0.3) is 5.91 Å². The van der Waals surface area contributed by atoms with Crippen LogP contribution in [-0.2, 0) is 0 Å². The highest BCUT2D eigenvalue weighted by molar-refractivity contribution is 6.18. The van der Waals surface area contributed by atoms with Crippen LogP contribution in [0.1, 0.15) is 22.8 Å². The average molecular weight is 244 g/mol. The van der Waals surface area contributed by atoms with Crippen LogP contribution in [0.15, 0.2) is 18.2 Å². The average Bonchev–Trinajstić information content (AvgIpc) is 2.28. The van der Waals surface area contributed by atoms with Crippen LogP contribution in [0.4, 0.5) is 4.39 Å². The molecule has 0 unspecified atom stereocenters. The molecule has 0 fully saturated rings. The zero-order valence-electron chi connectivity index (χ0n) is 9.46. The summed E-state index contributed by atoms with van der Waals surface area (Å²) in [7, 11) is 0. The summed E-state index contributed by atoms with van der Waals surface area (Å²) < 4.78 is 13.5. The molecule has 1 aromatic carbocycles. The van der Waals surface area contributed by atoms with Crippen molar-refractivity contribution in [2.75, 3.05) is 19.0 Å². The summed E-state index contributed by atoms with van der Waals surface area (Å²) >= 11 is 5.59. The van der Waals surface area contributed by atoms with E-state index in [1.165, 1.54) is 11.0 Å². The van der Waals surface area contributed by atoms with Crippen molar-refractivity contribution in [3.05, 3.63) is 35.1 Å². The number of hydrogen-bond acceptors (Lipinski definition) is 1. The van der Waals surface area contributed by atoms with Crippen LogP contribution in [0.5, 0.6) is 0 Å². The monoisotopic (exact) mass is 243 g/mol. The number of alkyl halides is 1. The molecule has 0 saturated carbocycles. The van der Waals surface area contributed by atoms with Crippen molar-refractivity contribution in [1.29, 1.82) is 0 Å². The minimum atomic E-state index is -0.483. The molecule has 1 rings (SSSR count). The predicted molar refractivity (Wildman–Crippen MR) is 63.4 cm³/mol. The van der Waals surface area contributed by atoms with Crippen molar-refractivity contribution in [3.8, 4) is 0 Å². The van der Waals surface area contributed by atoms with Crippen LogP contribution >= 0.6 is 11.6 Å². The van der Waals surface area contributed by atoms with E-state index < -0.39 is 5.82 Å². The van der Waals surface area contributed by atoms with Gasteiger partial charge in [0.1, 0.15) is 5.82 Å². The fourth-order valence-electron chi connectivity index (χ4n) is 1.48. The molecule has 0 heterocycles. The number of halogens is 2. The summed E-state index contributed by atoms with van der Waals surface area (Å²) in [5, 5.41) is 0. The topological polar surface area (TPSA) is 20.3 Å². The fraction of sp³-hybridized carbons (Fsp3) is 0.417. The smallest absolute Gasteiger partial charge is 0.256 e. The van der Waals surface area contributed by atoms with Crippen LogP contribution < -0.4 is 0 Å². The Labute approximate surface area is 100 Å². The standard InChI is InChI=1S/C12H15ClFNO/c1-3-15(7-6-13)12(16)10-8-9(2)4-5-11(10)14/h4-5,8H,3,6-7H2,1-2H3. The highest BCUT2D eigenvalue weighted by atomic mass is 35.5. The van der Waals surface area contributed by atoms with Gasteiger partial charge in [0.15, 0.2) is 0 Å². The number of nitrogens with zero attached hydrogens (tertiary/aromatic N) is 1.